The Kier molecular flexibility index (Phi) is 5.31. The van der Waals surface area contributed by atoms with Gasteiger partial charge in [0.05, 0.1) is 35.5 Å². The summed E-state index contributed by atoms with van der Waals surface area (Å²) in [6.45, 7) is 4.15. The molecule has 2 unspecified atom stereocenters. The van der Waals surface area contributed by atoms with Crippen molar-refractivity contribution in [2.75, 3.05) is 11.9 Å². The molecule has 1 aliphatic heterocycles. The van der Waals surface area contributed by atoms with Gasteiger partial charge in [-0.05, 0) is 37.9 Å². The van der Waals surface area contributed by atoms with E-state index in [0.717, 1.165) is 31.6 Å². The fraction of sp³-hybridized carbons (Fsp3) is 0.368. The van der Waals surface area contributed by atoms with E-state index < -0.39 is 0 Å². The first-order chi connectivity index (χ1) is 13.2. The fourth-order valence-electron chi connectivity index (χ4n) is 3.58. The summed E-state index contributed by atoms with van der Waals surface area (Å²) in [5.41, 5.74) is 2.23. The number of rotatable bonds is 5. The zero-order valence-corrected chi connectivity index (χ0v) is 15.9. The highest BCUT2D eigenvalue weighted by Gasteiger charge is 2.29. The molecule has 0 saturated carbocycles. The molecule has 0 aliphatic carbocycles. The maximum atomic E-state index is 5.88. The topological polar surface area (TPSA) is 71.8 Å². The molecule has 1 saturated heterocycles. The zero-order valence-electron chi connectivity index (χ0n) is 15.2. The van der Waals surface area contributed by atoms with E-state index in [0.29, 0.717) is 17.0 Å². The summed E-state index contributed by atoms with van der Waals surface area (Å²) in [6.07, 6.45) is 8.85. The van der Waals surface area contributed by atoms with Crippen LogP contribution in [0.4, 0.5) is 5.95 Å². The Hall–Kier alpha value is -2.51. The number of halogens is 1. The van der Waals surface area contributed by atoms with E-state index in [1.54, 1.807) is 29.6 Å². The van der Waals surface area contributed by atoms with Gasteiger partial charge in [-0.3, -0.25) is 4.90 Å². The van der Waals surface area contributed by atoms with Gasteiger partial charge in [-0.15, -0.1) is 0 Å². The molecule has 4 rings (SSSR count). The number of piperidine rings is 1. The quantitative estimate of drug-likeness (QED) is 0.729. The molecule has 1 aliphatic rings. The second-order valence-corrected chi connectivity index (χ2v) is 7.21. The van der Waals surface area contributed by atoms with Gasteiger partial charge in [0.1, 0.15) is 0 Å². The maximum absolute atomic E-state index is 5.88. The molecule has 1 fully saturated rings. The number of benzene rings is 1. The minimum Gasteiger partial charge on any atom is -0.350 e. The van der Waals surface area contributed by atoms with Gasteiger partial charge < -0.3 is 5.32 Å². The number of aromatic nitrogens is 5. The van der Waals surface area contributed by atoms with Crippen LogP contribution in [0.1, 0.15) is 25.3 Å². The highest BCUT2D eigenvalue weighted by molar-refractivity contribution is 6.30. The molecule has 0 bridgehead atoms. The summed E-state index contributed by atoms with van der Waals surface area (Å²) in [7, 11) is 0. The van der Waals surface area contributed by atoms with Crippen molar-refractivity contribution in [3.63, 3.8) is 0 Å². The van der Waals surface area contributed by atoms with Crippen molar-refractivity contribution in [1.82, 2.24) is 29.9 Å². The largest absolute Gasteiger partial charge is 0.350 e. The lowest BCUT2D eigenvalue weighted by Crippen LogP contribution is -2.49. The number of hydrogen-bond acceptors (Lipinski definition) is 6. The molecule has 27 heavy (non-hydrogen) atoms. The Morgan fingerprint density at radius 2 is 1.89 bits per heavy atom. The third-order valence-corrected chi connectivity index (χ3v) is 5.25. The first kappa shape index (κ1) is 17.9. The van der Waals surface area contributed by atoms with Gasteiger partial charge in [0.25, 0.3) is 0 Å². The Morgan fingerprint density at radius 3 is 2.67 bits per heavy atom. The first-order valence-corrected chi connectivity index (χ1v) is 9.51. The van der Waals surface area contributed by atoms with Gasteiger partial charge in [-0.1, -0.05) is 29.8 Å². The maximum Gasteiger partial charge on any atom is 0.222 e. The molecule has 7 nitrogen and oxygen atoms in total. The van der Waals surface area contributed by atoms with E-state index in [1.165, 1.54) is 5.56 Å². The van der Waals surface area contributed by atoms with Gasteiger partial charge in [0, 0.05) is 18.6 Å². The summed E-state index contributed by atoms with van der Waals surface area (Å²) in [6, 6.07) is 8.91. The standard InChI is InChI=1S/C19H22ClN7/c1-14-17(25-19-21-11-16(20)12-22-19)6-4-10-26(14)13-15-5-2-3-7-18(15)27-23-8-9-24-27/h2-3,5,7-9,11-12,14,17H,4,6,10,13H2,1H3,(H,21,22,25). The normalized spacial score (nSPS) is 20.5. The highest BCUT2D eigenvalue weighted by atomic mass is 35.5. The highest BCUT2D eigenvalue weighted by Crippen LogP contribution is 2.24. The molecule has 3 heterocycles. The molecule has 3 aromatic rings. The van der Waals surface area contributed by atoms with Crippen LogP contribution in [-0.4, -0.2) is 48.5 Å². The van der Waals surface area contributed by atoms with Gasteiger partial charge >= 0.3 is 0 Å². The summed E-state index contributed by atoms with van der Waals surface area (Å²) < 4.78 is 0. The minimum absolute atomic E-state index is 0.287. The predicted molar refractivity (Wildman–Crippen MR) is 105 cm³/mol. The van der Waals surface area contributed by atoms with Crippen molar-refractivity contribution in [3.05, 3.63) is 59.6 Å². The molecule has 1 aromatic carbocycles. The van der Waals surface area contributed by atoms with Crippen molar-refractivity contribution < 1.29 is 0 Å². The average Bonchev–Trinajstić information content (AvgIpc) is 3.22. The van der Waals surface area contributed by atoms with Crippen LogP contribution in [0, 0.1) is 0 Å². The van der Waals surface area contributed by atoms with Crippen LogP contribution in [0.2, 0.25) is 5.02 Å². The van der Waals surface area contributed by atoms with Crippen molar-refractivity contribution >= 4 is 17.5 Å². The molecule has 0 amide bonds. The molecular formula is C19H22ClN7. The lowest BCUT2D eigenvalue weighted by Gasteiger charge is -2.40. The van der Waals surface area contributed by atoms with Crippen molar-refractivity contribution in [2.45, 2.75) is 38.4 Å². The van der Waals surface area contributed by atoms with Crippen LogP contribution in [0.3, 0.4) is 0 Å². The number of hydrogen-bond donors (Lipinski definition) is 1. The van der Waals surface area contributed by atoms with E-state index in [-0.39, 0.29) is 6.04 Å². The second-order valence-electron chi connectivity index (χ2n) is 6.78. The van der Waals surface area contributed by atoms with E-state index in [1.807, 2.05) is 6.07 Å². The van der Waals surface area contributed by atoms with Crippen LogP contribution >= 0.6 is 11.6 Å². The summed E-state index contributed by atoms with van der Waals surface area (Å²) in [5.74, 6) is 0.624. The Labute approximate surface area is 163 Å². The Morgan fingerprint density at radius 1 is 1.15 bits per heavy atom. The molecule has 2 aromatic heterocycles. The number of likely N-dealkylation sites (tertiary alicyclic amines) is 1. The lowest BCUT2D eigenvalue weighted by molar-refractivity contribution is 0.139. The second kappa shape index (κ2) is 8.02. The van der Waals surface area contributed by atoms with Gasteiger partial charge in [0.15, 0.2) is 0 Å². The number of anilines is 1. The van der Waals surface area contributed by atoms with Crippen molar-refractivity contribution in [3.8, 4) is 5.69 Å². The number of nitrogens with one attached hydrogen (secondary N) is 1. The molecule has 2 atom stereocenters. The molecule has 8 heteroatoms. The molecule has 0 spiro atoms. The van der Waals surface area contributed by atoms with Crippen LogP contribution in [0.25, 0.3) is 5.69 Å². The van der Waals surface area contributed by atoms with E-state index in [4.69, 9.17) is 11.6 Å². The van der Waals surface area contributed by atoms with Crippen molar-refractivity contribution in [1.29, 1.82) is 0 Å². The Balaban J connectivity index is 1.49. The molecule has 0 radical (unpaired) electrons. The van der Waals surface area contributed by atoms with Crippen LogP contribution in [0.15, 0.2) is 49.1 Å². The third kappa shape index (κ3) is 4.09. The fourth-order valence-corrected chi connectivity index (χ4v) is 3.68. The predicted octanol–water partition coefficient (Wildman–Crippen LogP) is 3.18. The third-order valence-electron chi connectivity index (χ3n) is 5.05. The number of para-hydroxylation sites is 1. The average molecular weight is 384 g/mol. The van der Waals surface area contributed by atoms with Crippen molar-refractivity contribution in [2.24, 2.45) is 0 Å². The van der Waals surface area contributed by atoms with Crippen LogP contribution in [-0.2, 0) is 6.54 Å². The summed E-state index contributed by atoms with van der Waals surface area (Å²) in [4.78, 5) is 12.7. The lowest BCUT2D eigenvalue weighted by atomic mass is 9.96. The smallest absolute Gasteiger partial charge is 0.222 e. The summed E-state index contributed by atoms with van der Waals surface area (Å²) >= 11 is 5.88. The zero-order chi connectivity index (χ0) is 18.6. The number of nitrogens with zero attached hydrogens (tertiary/aromatic N) is 6. The summed E-state index contributed by atoms with van der Waals surface area (Å²) in [5, 5.41) is 12.6. The monoisotopic (exact) mass is 383 g/mol. The first-order valence-electron chi connectivity index (χ1n) is 9.13. The van der Waals surface area contributed by atoms with Gasteiger partial charge in [-0.2, -0.15) is 15.0 Å². The SMILES string of the molecule is CC1C(Nc2ncc(Cl)cn2)CCCN1Cc1ccccc1-n1nccn1. The van der Waals surface area contributed by atoms with Crippen LogP contribution in [0.5, 0.6) is 0 Å². The van der Waals surface area contributed by atoms with Gasteiger partial charge in [-0.25, -0.2) is 9.97 Å². The van der Waals surface area contributed by atoms with E-state index >= 15 is 0 Å². The molecular weight excluding hydrogens is 362 g/mol. The minimum atomic E-state index is 0.287. The van der Waals surface area contributed by atoms with Gasteiger partial charge in [0.2, 0.25) is 5.95 Å². The molecule has 1 N–H and O–H groups in total. The van der Waals surface area contributed by atoms with E-state index in [2.05, 4.69) is 55.5 Å². The Bertz CT molecular complexity index is 866. The molecule has 140 valence electrons. The van der Waals surface area contributed by atoms with E-state index in [9.17, 15) is 0 Å². The van der Waals surface area contributed by atoms with Crippen LogP contribution < -0.4 is 5.32 Å².